The van der Waals surface area contributed by atoms with Gasteiger partial charge in [0.15, 0.2) is 5.41 Å². The van der Waals surface area contributed by atoms with E-state index in [0.29, 0.717) is 31.6 Å². The van der Waals surface area contributed by atoms with Crippen molar-refractivity contribution in [3.05, 3.63) is 83.9 Å². The standard InChI is InChI=1S/C29H35NO5/c1-19-20(2)26(31)23(15-17-35-16-14-21-10-6-4-7-11-21)29(28(33)34-3)25(19)24(30-27(29)32)18-22-12-8-5-9-13-22/h4-13,19,23-26,31H,2,14-18H2,1,3H3,(H,30,32)/t19-,23+,24+,25+,26-,29-/m1/s1. The summed E-state index contributed by atoms with van der Waals surface area (Å²) in [6, 6.07) is 19.7. The van der Waals surface area contributed by atoms with Crippen LogP contribution in [0, 0.1) is 23.2 Å². The van der Waals surface area contributed by atoms with Gasteiger partial charge in [0, 0.05) is 24.5 Å². The number of carbonyl (C=O) groups excluding carboxylic acids is 2. The first-order valence-electron chi connectivity index (χ1n) is 12.3. The van der Waals surface area contributed by atoms with Crippen LogP contribution in [0.5, 0.6) is 0 Å². The molecule has 1 amide bonds. The number of hydrogen-bond acceptors (Lipinski definition) is 5. The third-order valence-corrected chi connectivity index (χ3v) is 7.89. The van der Waals surface area contributed by atoms with Crippen LogP contribution in [0.15, 0.2) is 72.8 Å². The molecule has 1 saturated heterocycles. The molecule has 6 nitrogen and oxygen atoms in total. The average Bonchev–Trinajstić information content (AvgIpc) is 3.17. The van der Waals surface area contributed by atoms with Crippen molar-refractivity contribution in [3.8, 4) is 0 Å². The van der Waals surface area contributed by atoms with Gasteiger partial charge in [0.2, 0.25) is 5.91 Å². The van der Waals surface area contributed by atoms with Crippen LogP contribution in [-0.2, 0) is 31.9 Å². The number of aliphatic hydroxyl groups excluding tert-OH is 1. The third kappa shape index (κ3) is 4.65. The van der Waals surface area contributed by atoms with Crippen LogP contribution in [0.25, 0.3) is 0 Å². The second-order valence-corrected chi connectivity index (χ2v) is 9.71. The fraction of sp³-hybridized carbons (Fsp3) is 0.448. The third-order valence-electron chi connectivity index (χ3n) is 7.89. The number of methoxy groups -OCH3 is 1. The molecule has 1 aliphatic carbocycles. The Bertz CT molecular complexity index is 1040. The molecule has 4 rings (SSSR count). The van der Waals surface area contributed by atoms with E-state index in [1.54, 1.807) is 0 Å². The topological polar surface area (TPSA) is 84.9 Å². The highest BCUT2D eigenvalue weighted by atomic mass is 16.5. The van der Waals surface area contributed by atoms with Crippen molar-refractivity contribution in [2.45, 2.75) is 38.3 Å². The summed E-state index contributed by atoms with van der Waals surface area (Å²) in [5, 5.41) is 14.3. The number of carbonyl (C=O) groups is 2. The first-order valence-corrected chi connectivity index (χ1v) is 12.3. The molecule has 0 aromatic heterocycles. The summed E-state index contributed by atoms with van der Waals surface area (Å²) in [6.45, 7) is 6.95. The molecule has 2 fully saturated rings. The predicted molar refractivity (Wildman–Crippen MR) is 133 cm³/mol. The molecule has 6 atom stereocenters. The molecule has 2 aromatic rings. The van der Waals surface area contributed by atoms with Gasteiger partial charge >= 0.3 is 5.97 Å². The maximum atomic E-state index is 13.6. The Morgan fingerprint density at radius 1 is 1.06 bits per heavy atom. The Morgan fingerprint density at radius 2 is 1.69 bits per heavy atom. The van der Waals surface area contributed by atoms with E-state index >= 15 is 0 Å². The van der Waals surface area contributed by atoms with Crippen molar-refractivity contribution in [1.82, 2.24) is 5.32 Å². The molecule has 0 spiro atoms. The lowest BCUT2D eigenvalue weighted by atomic mass is 9.53. The number of rotatable bonds is 9. The molecule has 0 bridgehead atoms. The largest absolute Gasteiger partial charge is 0.468 e. The van der Waals surface area contributed by atoms with Gasteiger partial charge in [0.05, 0.1) is 19.8 Å². The Balaban J connectivity index is 1.56. The summed E-state index contributed by atoms with van der Waals surface area (Å²) >= 11 is 0. The summed E-state index contributed by atoms with van der Waals surface area (Å²) in [7, 11) is 1.31. The van der Waals surface area contributed by atoms with Crippen molar-refractivity contribution < 1.29 is 24.2 Å². The van der Waals surface area contributed by atoms with E-state index in [2.05, 4.69) is 11.9 Å². The highest BCUT2D eigenvalue weighted by Crippen LogP contribution is 2.56. The summed E-state index contributed by atoms with van der Waals surface area (Å²) in [6.07, 6.45) is 0.699. The first-order chi connectivity index (χ1) is 16.9. The van der Waals surface area contributed by atoms with Gasteiger partial charge in [-0.05, 0) is 41.9 Å². The van der Waals surface area contributed by atoms with Crippen LogP contribution < -0.4 is 5.32 Å². The lowest BCUT2D eigenvalue weighted by molar-refractivity contribution is -0.173. The minimum absolute atomic E-state index is 0.244. The molecule has 2 aromatic carbocycles. The van der Waals surface area contributed by atoms with Crippen LogP contribution in [0.3, 0.4) is 0 Å². The molecular formula is C29H35NO5. The molecule has 2 N–H and O–H groups in total. The summed E-state index contributed by atoms with van der Waals surface area (Å²) in [4.78, 5) is 27.0. The highest BCUT2D eigenvalue weighted by Gasteiger charge is 2.70. The van der Waals surface area contributed by atoms with Crippen LogP contribution in [0.2, 0.25) is 0 Å². The smallest absolute Gasteiger partial charge is 0.322 e. The fourth-order valence-electron chi connectivity index (χ4n) is 6.14. The SMILES string of the molecule is C=C1[C@@H](C)[C@H]2[C@H](Cc3ccccc3)NC(=O)[C@@]2(C(=O)OC)[C@@H](CCOCCc2ccccc2)[C@@H]1O. The zero-order chi connectivity index (χ0) is 25.0. The molecule has 1 heterocycles. The maximum Gasteiger partial charge on any atom is 0.322 e. The van der Waals surface area contributed by atoms with E-state index in [9.17, 15) is 14.7 Å². The highest BCUT2D eigenvalue weighted by molar-refractivity contribution is 6.06. The van der Waals surface area contributed by atoms with E-state index in [1.807, 2.05) is 67.6 Å². The fourth-order valence-corrected chi connectivity index (χ4v) is 6.14. The molecule has 0 radical (unpaired) electrons. The van der Waals surface area contributed by atoms with Gasteiger partial charge in [-0.2, -0.15) is 0 Å². The number of fused-ring (bicyclic) bond motifs is 1. The minimum Gasteiger partial charge on any atom is -0.468 e. The average molecular weight is 478 g/mol. The van der Waals surface area contributed by atoms with Crippen molar-refractivity contribution in [2.75, 3.05) is 20.3 Å². The van der Waals surface area contributed by atoms with Crippen LogP contribution >= 0.6 is 0 Å². The summed E-state index contributed by atoms with van der Waals surface area (Å²) in [5.74, 6) is -2.27. The second-order valence-electron chi connectivity index (χ2n) is 9.71. The Labute approximate surface area is 207 Å². The lowest BCUT2D eigenvalue weighted by Crippen LogP contribution is -2.59. The van der Waals surface area contributed by atoms with Crippen LogP contribution in [0.4, 0.5) is 0 Å². The predicted octanol–water partition coefficient (Wildman–Crippen LogP) is 3.34. The maximum absolute atomic E-state index is 13.6. The summed E-state index contributed by atoms with van der Waals surface area (Å²) < 4.78 is 11.1. The van der Waals surface area contributed by atoms with Crippen molar-refractivity contribution >= 4 is 11.9 Å². The van der Waals surface area contributed by atoms with Gasteiger partial charge in [-0.1, -0.05) is 74.2 Å². The number of amides is 1. The van der Waals surface area contributed by atoms with E-state index in [0.717, 1.165) is 12.0 Å². The molecular weight excluding hydrogens is 442 g/mol. The summed E-state index contributed by atoms with van der Waals surface area (Å²) in [5.41, 5.74) is 1.41. The number of ether oxygens (including phenoxy) is 2. The lowest BCUT2D eigenvalue weighted by Gasteiger charge is -2.49. The van der Waals surface area contributed by atoms with Crippen LogP contribution in [0.1, 0.15) is 24.5 Å². The van der Waals surface area contributed by atoms with Gasteiger partial charge in [-0.15, -0.1) is 0 Å². The molecule has 1 saturated carbocycles. The Kier molecular flexibility index (Phi) is 7.72. The number of esters is 1. The van der Waals surface area contributed by atoms with Crippen molar-refractivity contribution in [3.63, 3.8) is 0 Å². The van der Waals surface area contributed by atoms with E-state index in [4.69, 9.17) is 9.47 Å². The van der Waals surface area contributed by atoms with Gasteiger partial charge in [-0.25, -0.2) is 0 Å². The van der Waals surface area contributed by atoms with Gasteiger partial charge in [-0.3, -0.25) is 9.59 Å². The zero-order valence-corrected chi connectivity index (χ0v) is 20.5. The monoisotopic (exact) mass is 477 g/mol. The van der Waals surface area contributed by atoms with Crippen molar-refractivity contribution in [2.24, 2.45) is 23.2 Å². The van der Waals surface area contributed by atoms with Gasteiger partial charge < -0.3 is 19.9 Å². The van der Waals surface area contributed by atoms with E-state index < -0.39 is 23.4 Å². The Morgan fingerprint density at radius 3 is 2.31 bits per heavy atom. The molecule has 6 heteroatoms. The number of aliphatic hydroxyl groups is 1. The first kappa shape index (κ1) is 25.1. The van der Waals surface area contributed by atoms with Crippen LogP contribution in [-0.4, -0.2) is 49.5 Å². The number of benzene rings is 2. The van der Waals surface area contributed by atoms with Crippen molar-refractivity contribution in [1.29, 1.82) is 0 Å². The molecule has 186 valence electrons. The zero-order valence-electron chi connectivity index (χ0n) is 20.5. The molecule has 2 aliphatic rings. The van der Waals surface area contributed by atoms with Gasteiger partial charge in [0.25, 0.3) is 0 Å². The van der Waals surface area contributed by atoms with E-state index in [1.165, 1.54) is 12.7 Å². The normalized spacial score (nSPS) is 30.0. The molecule has 35 heavy (non-hydrogen) atoms. The van der Waals surface area contributed by atoms with Gasteiger partial charge in [0.1, 0.15) is 0 Å². The number of hydrogen-bond donors (Lipinski definition) is 2. The quantitative estimate of drug-likeness (QED) is 0.251. The minimum atomic E-state index is -1.49. The molecule has 0 unspecified atom stereocenters. The molecule has 1 aliphatic heterocycles. The Hall–Kier alpha value is -2.96. The van der Waals surface area contributed by atoms with E-state index in [-0.39, 0.29) is 23.8 Å². The number of nitrogens with one attached hydrogen (secondary N) is 1. The second kappa shape index (κ2) is 10.8.